The summed E-state index contributed by atoms with van der Waals surface area (Å²) in [5.74, 6) is -1.64. The molecule has 0 saturated heterocycles. The smallest absolute Gasteiger partial charge is 0.463 e. The summed E-state index contributed by atoms with van der Waals surface area (Å²) in [7, 11) is -9.82. The summed E-state index contributed by atoms with van der Waals surface area (Å²) in [6.45, 7) is 2.26. The fourth-order valence-electron chi connectivity index (χ4n) is 9.77. The Morgan fingerprint density at radius 3 is 0.767 bits per heavy atom. The first kappa shape index (κ1) is 97.7. The minimum absolute atomic E-state index is 0.0651. The van der Waals surface area contributed by atoms with Gasteiger partial charge in [0.25, 0.3) is 0 Å². The van der Waals surface area contributed by atoms with Gasteiger partial charge in [0.1, 0.15) is 25.4 Å². The van der Waals surface area contributed by atoms with E-state index in [1.807, 2.05) is 0 Å². The number of phosphoric acid groups is 2. The van der Waals surface area contributed by atoms with Gasteiger partial charge in [0.2, 0.25) is 0 Å². The van der Waals surface area contributed by atoms with Crippen molar-refractivity contribution in [3.63, 3.8) is 0 Å². The van der Waals surface area contributed by atoms with E-state index < -0.39 is 91.5 Å². The Bertz CT molecular complexity index is 2600. The van der Waals surface area contributed by atoms with E-state index in [0.29, 0.717) is 19.3 Å². The molecule has 0 heterocycles. The lowest BCUT2D eigenvalue weighted by molar-refractivity contribution is -0.161. The molecule has 0 radical (unpaired) electrons. The molecule has 0 aliphatic carbocycles. The second kappa shape index (κ2) is 76.3. The minimum atomic E-state index is -4.95. The number of carbonyl (C=O) groups excluding carboxylic acids is 3. The molecule has 0 fully saturated rings. The van der Waals surface area contributed by atoms with Gasteiger partial charge < -0.3 is 34.2 Å². The third kappa shape index (κ3) is 77.6. The molecule has 0 rings (SSSR count). The van der Waals surface area contributed by atoms with E-state index >= 15 is 0 Å². The summed E-state index contributed by atoms with van der Waals surface area (Å²) in [5.41, 5.74) is 0. The van der Waals surface area contributed by atoms with Crippen molar-refractivity contribution in [2.24, 2.45) is 0 Å². The summed E-state index contributed by atoms with van der Waals surface area (Å²) in [5, 5.41) is 20.6. The number of ether oxygens (including phenoxy) is 3. The van der Waals surface area contributed by atoms with Crippen molar-refractivity contribution in [3.05, 3.63) is 182 Å². The molecule has 103 heavy (non-hydrogen) atoms. The van der Waals surface area contributed by atoms with Crippen molar-refractivity contribution in [2.75, 3.05) is 39.6 Å². The van der Waals surface area contributed by atoms with Crippen LogP contribution in [-0.4, -0.2) is 95.9 Å². The molecule has 0 aromatic carbocycles. The van der Waals surface area contributed by atoms with Crippen molar-refractivity contribution >= 4 is 33.6 Å². The number of phosphoric ester groups is 2. The van der Waals surface area contributed by atoms with Crippen LogP contribution in [0.3, 0.4) is 0 Å². The van der Waals surface area contributed by atoms with Gasteiger partial charge in [0, 0.05) is 19.3 Å². The molecule has 0 aliphatic rings. The van der Waals surface area contributed by atoms with Crippen LogP contribution in [-0.2, 0) is 55.8 Å². The number of aliphatic hydroxyl groups is 2. The van der Waals surface area contributed by atoms with Crippen LogP contribution in [0.25, 0.3) is 0 Å². The van der Waals surface area contributed by atoms with E-state index in [0.717, 1.165) is 186 Å². The molecule has 5 unspecified atom stereocenters. The highest BCUT2D eigenvalue weighted by Gasteiger charge is 2.29. The third-order valence-electron chi connectivity index (χ3n) is 15.6. The topological polar surface area (TPSA) is 231 Å². The number of allylic oxidation sites excluding steroid dienone is 30. The predicted molar refractivity (Wildman–Crippen MR) is 426 cm³/mol. The third-order valence-corrected chi connectivity index (χ3v) is 17.5. The molecular weight excluding hydrogens is 1340 g/mol. The van der Waals surface area contributed by atoms with Gasteiger partial charge in [-0.2, -0.15) is 0 Å². The van der Waals surface area contributed by atoms with Gasteiger partial charge in [0.15, 0.2) is 6.10 Å². The molecular formula is C85H138O16P2. The molecule has 0 aromatic rings. The lowest BCUT2D eigenvalue weighted by Gasteiger charge is -2.21. The van der Waals surface area contributed by atoms with Gasteiger partial charge in [-0.05, 0) is 154 Å². The second-order valence-electron chi connectivity index (χ2n) is 25.4. The summed E-state index contributed by atoms with van der Waals surface area (Å²) in [6.07, 6.45) is 97.9. The summed E-state index contributed by atoms with van der Waals surface area (Å²) >= 11 is 0. The maximum Gasteiger partial charge on any atom is 0.472 e. The average molecular weight is 1480 g/mol. The van der Waals surface area contributed by atoms with Crippen molar-refractivity contribution in [2.45, 2.75) is 296 Å². The van der Waals surface area contributed by atoms with E-state index in [1.54, 1.807) is 0 Å². The average Bonchev–Trinajstić information content (AvgIpc) is 0.914. The van der Waals surface area contributed by atoms with Crippen molar-refractivity contribution in [1.29, 1.82) is 0 Å². The van der Waals surface area contributed by atoms with E-state index in [9.17, 15) is 43.5 Å². The summed E-state index contributed by atoms with van der Waals surface area (Å²) < 4.78 is 61.1. The fourth-order valence-corrected chi connectivity index (χ4v) is 11.4. The summed E-state index contributed by atoms with van der Waals surface area (Å²) in [4.78, 5) is 58.7. The van der Waals surface area contributed by atoms with Gasteiger partial charge in [0.05, 0.1) is 26.4 Å². The number of esters is 3. The Balaban J connectivity index is 4.63. The van der Waals surface area contributed by atoms with E-state index in [-0.39, 0.29) is 19.3 Å². The standard InChI is InChI=1S/C85H138O16P2/c1-4-7-10-13-16-19-22-25-28-31-33-35-36-37-38-39-40-41-42-44-46-48-50-53-56-59-62-65-68-71-83(88)95-74-80(86)75-97-102(91,92)98-76-81(87)77-99-103(93,94)100-79-82(101-85(90)73-70-67-64-61-58-55-52-47-30-27-24-21-18-15-12-9-6-3)78-96-84(89)72-69-66-63-60-57-54-51-49-45-43-34-32-29-26-23-20-17-14-11-8-5-2/h7-12,16-21,25-30,33-35,37-38,40-41,43,49,51-52,55,80-82,86-87H,4-6,13-15,22-24,31-32,36,39,42,44-48,50,53-54,56-79H2,1-3H3,(H,91,92)(H,93,94)/b10-7-,11-8-,12-9-,19-16-,20-17-,21-18-,28-25-,29-26-,30-27-,35-33-,38-37-,41-40-,43-34-,51-49-,55-52-. The first-order chi connectivity index (χ1) is 50.2. The molecule has 5 atom stereocenters. The number of hydrogen-bond acceptors (Lipinski definition) is 14. The lowest BCUT2D eigenvalue weighted by atomic mass is 10.1. The molecule has 0 bridgehead atoms. The Hall–Kier alpha value is -5.35. The first-order valence-electron chi connectivity index (χ1n) is 39.1. The minimum Gasteiger partial charge on any atom is -0.463 e. The second-order valence-corrected chi connectivity index (χ2v) is 28.3. The molecule has 0 aliphatic heterocycles. The Morgan fingerprint density at radius 1 is 0.272 bits per heavy atom. The Morgan fingerprint density at radius 2 is 0.485 bits per heavy atom. The quantitative estimate of drug-likeness (QED) is 0.0146. The van der Waals surface area contributed by atoms with Crippen LogP contribution in [0.5, 0.6) is 0 Å². The molecule has 0 amide bonds. The van der Waals surface area contributed by atoms with Crippen molar-refractivity contribution < 1.29 is 75.8 Å². The zero-order valence-corrected chi connectivity index (χ0v) is 65.5. The number of rotatable bonds is 72. The van der Waals surface area contributed by atoms with Gasteiger partial charge in [-0.1, -0.05) is 287 Å². The molecule has 0 spiro atoms. The SMILES string of the molecule is CC/C=C\C/C=C\C/C=C\C/C=C\C/C=C\C/C=C\CCCCCCCCCCCCC(=O)OCC(O)COP(=O)(O)OCC(O)COP(=O)(O)OCC(COC(=O)CCCCCCC/C=C\C/C=C\C/C=C\C/C=C\C/C=C\CC)OC(=O)CCCCCC/C=C\C/C=C\C/C=C\C/C=C\CC. The normalized spacial score (nSPS) is 15.0. The van der Waals surface area contributed by atoms with Crippen molar-refractivity contribution in [3.8, 4) is 0 Å². The van der Waals surface area contributed by atoms with Crippen LogP contribution in [0.2, 0.25) is 0 Å². The molecule has 0 aromatic heterocycles. The highest BCUT2D eigenvalue weighted by Crippen LogP contribution is 2.45. The predicted octanol–water partition coefficient (Wildman–Crippen LogP) is 23.0. The highest BCUT2D eigenvalue weighted by atomic mass is 31.2. The number of carbonyl (C=O) groups is 3. The Kier molecular flexibility index (Phi) is 72.3. The number of hydrogen-bond donors (Lipinski definition) is 4. The fraction of sp³-hybridized carbons (Fsp3) is 0.612. The maximum atomic E-state index is 13.0. The molecule has 4 N–H and O–H groups in total. The van der Waals surface area contributed by atoms with Crippen LogP contribution in [0.15, 0.2) is 182 Å². The zero-order valence-electron chi connectivity index (χ0n) is 63.7. The first-order valence-corrected chi connectivity index (χ1v) is 42.1. The molecule has 584 valence electrons. The van der Waals surface area contributed by atoms with E-state index in [4.69, 9.17) is 32.3 Å². The largest absolute Gasteiger partial charge is 0.472 e. The Labute approximate surface area is 624 Å². The number of unbranched alkanes of at least 4 members (excludes halogenated alkanes) is 19. The van der Waals surface area contributed by atoms with Gasteiger partial charge >= 0.3 is 33.6 Å². The summed E-state index contributed by atoms with van der Waals surface area (Å²) in [6, 6.07) is 0. The lowest BCUT2D eigenvalue weighted by Crippen LogP contribution is -2.30. The van der Waals surface area contributed by atoms with Crippen LogP contribution in [0, 0.1) is 0 Å². The molecule has 16 nitrogen and oxygen atoms in total. The van der Waals surface area contributed by atoms with Gasteiger partial charge in [-0.25, -0.2) is 9.13 Å². The van der Waals surface area contributed by atoms with Crippen LogP contribution in [0.4, 0.5) is 0 Å². The van der Waals surface area contributed by atoms with E-state index in [2.05, 4.69) is 203 Å². The van der Waals surface area contributed by atoms with Crippen LogP contribution in [0.1, 0.15) is 278 Å². The monoisotopic (exact) mass is 1480 g/mol. The molecule has 0 saturated carbocycles. The van der Waals surface area contributed by atoms with Crippen LogP contribution < -0.4 is 0 Å². The maximum absolute atomic E-state index is 13.0. The highest BCUT2D eigenvalue weighted by molar-refractivity contribution is 7.47. The molecule has 18 heteroatoms. The van der Waals surface area contributed by atoms with Gasteiger partial charge in [-0.15, -0.1) is 0 Å². The zero-order chi connectivity index (χ0) is 75.2. The number of aliphatic hydroxyl groups excluding tert-OH is 2. The van der Waals surface area contributed by atoms with E-state index in [1.165, 1.54) is 32.1 Å². The van der Waals surface area contributed by atoms with Crippen LogP contribution >= 0.6 is 15.6 Å². The van der Waals surface area contributed by atoms with Crippen molar-refractivity contribution in [1.82, 2.24) is 0 Å². The van der Waals surface area contributed by atoms with Gasteiger partial charge in [-0.3, -0.25) is 32.5 Å².